The average molecular weight is 202 g/mol. The number of nitrogens with zero attached hydrogens (tertiary/aromatic N) is 1. The van der Waals surface area contributed by atoms with Gasteiger partial charge in [0.1, 0.15) is 5.84 Å². The predicted molar refractivity (Wildman–Crippen MR) is 63.3 cm³/mol. The third kappa shape index (κ3) is 2.04. The van der Waals surface area contributed by atoms with Crippen LogP contribution >= 0.6 is 0 Å². The molecule has 1 N–H and O–H groups in total. The topological polar surface area (TPSA) is 27.1 Å². The Labute approximate surface area is 91.4 Å². The molecule has 0 aliphatic carbocycles. The third-order valence-electron chi connectivity index (χ3n) is 3.18. The lowest BCUT2D eigenvalue weighted by Crippen LogP contribution is -2.35. The van der Waals surface area contributed by atoms with E-state index in [9.17, 15) is 0 Å². The molecule has 1 unspecified atom stereocenters. The summed E-state index contributed by atoms with van der Waals surface area (Å²) >= 11 is 0. The highest BCUT2D eigenvalue weighted by Gasteiger charge is 2.25. The van der Waals surface area contributed by atoms with Gasteiger partial charge in [0, 0.05) is 18.2 Å². The molecule has 2 nitrogen and oxygen atoms in total. The quantitative estimate of drug-likeness (QED) is 0.579. The molecule has 15 heavy (non-hydrogen) atoms. The van der Waals surface area contributed by atoms with Crippen LogP contribution in [0.5, 0.6) is 0 Å². The first-order valence-electron chi connectivity index (χ1n) is 5.73. The standard InChI is InChI=1S/C13H18N2/c1-2-12-9-6-10-15(12)13(14)11-7-4-3-5-8-11/h3-5,7-8,12,14H,2,6,9-10H2,1H3. The Morgan fingerprint density at radius 2 is 2.13 bits per heavy atom. The maximum atomic E-state index is 8.19. The van der Waals surface area contributed by atoms with Crippen molar-refractivity contribution in [3.05, 3.63) is 35.9 Å². The van der Waals surface area contributed by atoms with E-state index in [0.717, 1.165) is 18.5 Å². The van der Waals surface area contributed by atoms with Gasteiger partial charge in [-0.15, -0.1) is 0 Å². The van der Waals surface area contributed by atoms with Gasteiger partial charge >= 0.3 is 0 Å². The van der Waals surface area contributed by atoms with Crippen molar-refractivity contribution in [3.63, 3.8) is 0 Å². The molecule has 0 saturated carbocycles. The Morgan fingerprint density at radius 1 is 1.40 bits per heavy atom. The normalized spacial score (nSPS) is 20.6. The van der Waals surface area contributed by atoms with Crippen molar-refractivity contribution in [2.45, 2.75) is 32.2 Å². The maximum Gasteiger partial charge on any atom is 0.128 e. The average Bonchev–Trinajstić information content (AvgIpc) is 2.77. The van der Waals surface area contributed by atoms with Gasteiger partial charge in [0.25, 0.3) is 0 Å². The molecule has 0 amide bonds. The van der Waals surface area contributed by atoms with Crippen molar-refractivity contribution in [3.8, 4) is 0 Å². The summed E-state index contributed by atoms with van der Waals surface area (Å²) in [7, 11) is 0. The van der Waals surface area contributed by atoms with E-state index in [1.54, 1.807) is 0 Å². The summed E-state index contributed by atoms with van der Waals surface area (Å²) < 4.78 is 0. The van der Waals surface area contributed by atoms with E-state index in [0.29, 0.717) is 11.9 Å². The fraction of sp³-hybridized carbons (Fsp3) is 0.462. The van der Waals surface area contributed by atoms with Crippen molar-refractivity contribution in [1.82, 2.24) is 4.90 Å². The minimum atomic E-state index is 0.581. The van der Waals surface area contributed by atoms with Crippen LogP contribution in [0.1, 0.15) is 31.7 Å². The van der Waals surface area contributed by atoms with Crippen LogP contribution in [0.25, 0.3) is 0 Å². The summed E-state index contributed by atoms with van der Waals surface area (Å²) in [5.41, 5.74) is 1.04. The number of benzene rings is 1. The van der Waals surface area contributed by atoms with Crippen molar-refractivity contribution in [2.24, 2.45) is 0 Å². The largest absolute Gasteiger partial charge is 0.354 e. The summed E-state index contributed by atoms with van der Waals surface area (Å²) in [5, 5.41) is 8.19. The van der Waals surface area contributed by atoms with E-state index >= 15 is 0 Å². The predicted octanol–water partition coefficient (Wildman–Crippen LogP) is 2.89. The van der Waals surface area contributed by atoms with E-state index in [2.05, 4.69) is 11.8 Å². The molecule has 1 aliphatic rings. The highest BCUT2D eigenvalue weighted by atomic mass is 15.2. The monoisotopic (exact) mass is 202 g/mol. The zero-order valence-corrected chi connectivity index (χ0v) is 9.24. The first-order valence-corrected chi connectivity index (χ1v) is 5.73. The first kappa shape index (κ1) is 10.2. The van der Waals surface area contributed by atoms with Crippen LogP contribution in [-0.2, 0) is 0 Å². The molecule has 1 saturated heterocycles. The summed E-state index contributed by atoms with van der Waals surface area (Å²) in [6.07, 6.45) is 3.62. The summed E-state index contributed by atoms with van der Waals surface area (Å²) in [5.74, 6) is 0.694. The molecular weight excluding hydrogens is 184 g/mol. The molecule has 80 valence electrons. The second-order valence-electron chi connectivity index (χ2n) is 4.11. The fourth-order valence-corrected chi connectivity index (χ4v) is 2.32. The zero-order chi connectivity index (χ0) is 10.7. The van der Waals surface area contributed by atoms with E-state index < -0.39 is 0 Å². The van der Waals surface area contributed by atoms with Crippen molar-refractivity contribution in [1.29, 1.82) is 5.41 Å². The Balaban J connectivity index is 2.14. The summed E-state index contributed by atoms with van der Waals surface area (Å²) in [6, 6.07) is 10.6. The second kappa shape index (κ2) is 4.47. The van der Waals surface area contributed by atoms with Crippen LogP contribution in [-0.4, -0.2) is 23.3 Å². The van der Waals surface area contributed by atoms with Crippen LogP contribution in [0.2, 0.25) is 0 Å². The Kier molecular flexibility index (Phi) is 3.05. The fourth-order valence-electron chi connectivity index (χ4n) is 2.32. The smallest absolute Gasteiger partial charge is 0.128 e. The molecule has 1 aromatic carbocycles. The van der Waals surface area contributed by atoms with Crippen LogP contribution in [0, 0.1) is 5.41 Å². The van der Waals surface area contributed by atoms with Crippen LogP contribution in [0.3, 0.4) is 0 Å². The van der Waals surface area contributed by atoms with E-state index in [1.807, 2.05) is 30.3 Å². The van der Waals surface area contributed by atoms with Gasteiger partial charge in [-0.2, -0.15) is 0 Å². The van der Waals surface area contributed by atoms with Crippen molar-refractivity contribution >= 4 is 5.84 Å². The molecule has 0 aromatic heterocycles. The van der Waals surface area contributed by atoms with Gasteiger partial charge in [-0.3, -0.25) is 5.41 Å². The van der Waals surface area contributed by atoms with Crippen LogP contribution in [0.15, 0.2) is 30.3 Å². The summed E-state index contributed by atoms with van der Waals surface area (Å²) in [4.78, 5) is 2.25. The number of amidine groups is 1. The van der Waals surface area contributed by atoms with Gasteiger partial charge in [0.15, 0.2) is 0 Å². The van der Waals surface area contributed by atoms with Crippen LogP contribution in [0.4, 0.5) is 0 Å². The van der Waals surface area contributed by atoms with E-state index in [4.69, 9.17) is 5.41 Å². The zero-order valence-electron chi connectivity index (χ0n) is 9.24. The van der Waals surface area contributed by atoms with E-state index in [1.165, 1.54) is 12.8 Å². The lowest BCUT2D eigenvalue weighted by molar-refractivity contribution is 0.378. The lowest BCUT2D eigenvalue weighted by Gasteiger charge is -2.26. The van der Waals surface area contributed by atoms with Gasteiger partial charge < -0.3 is 4.90 Å². The van der Waals surface area contributed by atoms with Crippen LogP contribution < -0.4 is 0 Å². The molecule has 1 heterocycles. The highest BCUT2D eigenvalue weighted by molar-refractivity contribution is 5.96. The van der Waals surface area contributed by atoms with Gasteiger partial charge in [-0.25, -0.2) is 0 Å². The van der Waals surface area contributed by atoms with Gasteiger partial charge in [0.05, 0.1) is 0 Å². The number of likely N-dealkylation sites (tertiary alicyclic amines) is 1. The lowest BCUT2D eigenvalue weighted by atomic mass is 10.1. The SMILES string of the molecule is CCC1CCCN1C(=N)c1ccccc1. The number of nitrogens with one attached hydrogen (secondary N) is 1. The van der Waals surface area contributed by atoms with Gasteiger partial charge in [-0.05, 0) is 19.3 Å². The first-order chi connectivity index (χ1) is 7.33. The van der Waals surface area contributed by atoms with Crippen molar-refractivity contribution in [2.75, 3.05) is 6.54 Å². The molecule has 1 fully saturated rings. The minimum absolute atomic E-state index is 0.581. The molecule has 2 heteroatoms. The summed E-state index contributed by atoms with van der Waals surface area (Å²) in [6.45, 7) is 3.26. The molecular formula is C13H18N2. The molecule has 0 bridgehead atoms. The number of hydrogen-bond donors (Lipinski definition) is 1. The molecule has 1 aromatic rings. The molecule has 1 atom stereocenters. The number of rotatable bonds is 2. The second-order valence-corrected chi connectivity index (χ2v) is 4.11. The van der Waals surface area contributed by atoms with Gasteiger partial charge in [0.2, 0.25) is 0 Å². The molecule has 0 radical (unpaired) electrons. The Bertz CT molecular complexity index is 332. The van der Waals surface area contributed by atoms with Gasteiger partial charge in [-0.1, -0.05) is 37.3 Å². The maximum absolute atomic E-state index is 8.19. The van der Waals surface area contributed by atoms with Crippen molar-refractivity contribution < 1.29 is 0 Å². The third-order valence-corrected chi connectivity index (χ3v) is 3.18. The number of hydrogen-bond acceptors (Lipinski definition) is 1. The molecule has 2 rings (SSSR count). The molecule has 0 spiro atoms. The Hall–Kier alpha value is -1.31. The van der Waals surface area contributed by atoms with E-state index in [-0.39, 0.29) is 0 Å². The molecule has 1 aliphatic heterocycles. The highest BCUT2D eigenvalue weighted by Crippen LogP contribution is 2.21. The Morgan fingerprint density at radius 3 is 2.80 bits per heavy atom. The minimum Gasteiger partial charge on any atom is -0.354 e.